The minimum absolute atomic E-state index is 0.488. The van der Waals surface area contributed by atoms with Crippen LogP contribution in [0.4, 0.5) is 5.95 Å². The molecular weight excluding hydrogens is 254 g/mol. The molecular formula is C12H14ClN3S. The lowest BCUT2D eigenvalue weighted by Gasteiger charge is -2.24. The molecule has 2 N–H and O–H groups in total. The summed E-state index contributed by atoms with van der Waals surface area (Å²) in [6, 6.07) is 6.28. The first kappa shape index (κ1) is 11.2. The number of hydrogen-bond donors (Lipinski definition) is 1. The molecule has 1 aliphatic rings. The van der Waals surface area contributed by atoms with Crippen LogP contribution in [0.1, 0.15) is 18.9 Å². The number of nitrogen functional groups attached to an aromatic ring is 1. The van der Waals surface area contributed by atoms with E-state index in [1.165, 1.54) is 24.3 Å². The molecule has 0 spiro atoms. The van der Waals surface area contributed by atoms with Crippen LogP contribution in [0.15, 0.2) is 18.2 Å². The number of halogens is 1. The third-order valence-corrected chi connectivity index (χ3v) is 4.52. The zero-order chi connectivity index (χ0) is 11.8. The fourth-order valence-corrected chi connectivity index (χ4v) is 3.67. The number of aromatic nitrogens is 2. The predicted octanol–water partition coefficient (Wildman–Crippen LogP) is 3.34. The highest BCUT2D eigenvalue weighted by Gasteiger charge is 2.20. The zero-order valence-electron chi connectivity index (χ0n) is 9.40. The van der Waals surface area contributed by atoms with Gasteiger partial charge in [-0.25, -0.2) is 4.98 Å². The van der Waals surface area contributed by atoms with Gasteiger partial charge in [0, 0.05) is 11.1 Å². The van der Waals surface area contributed by atoms with Crippen molar-refractivity contribution in [1.29, 1.82) is 0 Å². The van der Waals surface area contributed by atoms with Crippen LogP contribution in [-0.4, -0.2) is 21.1 Å². The number of nitrogens with zero attached hydrogens (tertiary/aromatic N) is 2. The Bertz CT molecular complexity index is 546. The fourth-order valence-electron chi connectivity index (χ4n) is 2.42. The van der Waals surface area contributed by atoms with Crippen LogP contribution in [0.5, 0.6) is 0 Å². The van der Waals surface area contributed by atoms with Crippen molar-refractivity contribution in [3.05, 3.63) is 23.2 Å². The van der Waals surface area contributed by atoms with Crippen LogP contribution in [0, 0.1) is 0 Å². The van der Waals surface area contributed by atoms with Gasteiger partial charge >= 0.3 is 0 Å². The van der Waals surface area contributed by atoms with Gasteiger partial charge < -0.3 is 10.3 Å². The number of hydrogen-bond acceptors (Lipinski definition) is 3. The van der Waals surface area contributed by atoms with Gasteiger partial charge in [-0.3, -0.25) is 0 Å². The largest absolute Gasteiger partial charge is 0.369 e. The summed E-state index contributed by atoms with van der Waals surface area (Å²) >= 11 is 7.99. The van der Waals surface area contributed by atoms with Crippen LogP contribution in [0.2, 0.25) is 5.02 Å². The molecule has 0 amide bonds. The molecule has 2 heterocycles. The molecule has 90 valence electrons. The molecule has 3 nitrogen and oxygen atoms in total. The van der Waals surface area contributed by atoms with Crippen molar-refractivity contribution in [3.8, 4) is 0 Å². The van der Waals surface area contributed by atoms with Gasteiger partial charge in [0.05, 0.1) is 11.0 Å². The van der Waals surface area contributed by atoms with Crippen molar-refractivity contribution >= 4 is 40.3 Å². The first-order valence-corrected chi connectivity index (χ1v) is 7.29. The summed E-state index contributed by atoms with van der Waals surface area (Å²) in [5.74, 6) is 3.02. The normalized spacial score (nSPS) is 17.7. The van der Waals surface area contributed by atoms with Crippen LogP contribution < -0.4 is 5.73 Å². The number of fused-ring (bicyclic) bond motifs is 1. The van der Waals surface area contributed by atoms with Crippen LogP contribution in [-0.2, 0) is 0 Å². The van der Waals surface area contributed by atoms with E-state index in [-0.39, 0.29) is 0 Å². The van der Waals surface area contributed by atoms with Gasteiger partial charge in [-0.05, 0) is 42.5 Å². The van der Waals surface area contributed by atoms with Gasteiger partial charge in [-0.15, -0.1) is 0 Å². The van der Waals surface area contributed by atoms with E-state index in [9.17, 15) is 0 Å². The second kappa shape index (κ2) is 4.42. The van der Waals surface area contributed by atoms with Crippen molar-refractivity contribution < 1.29 is 0 Å². The number of anilines is 1. The highest BCUT2D eigenvalue weighted by Crippen LogP contribution is 2.33. The molecule has 0 atom stereocenters. The summed E-state index contributed by atoms with van der Waals surface area (Å²) in [5, 5.41) is 0.710. The molecule has 0 saturated carbocycles. The Hall–Kier alpha value is -0.870. The van der Waals surface area contributed by atoms with E-state index in [2.05, 4.69) is 9.55 Å². The maximum absolute atomic E-state index is 6.04. The lowest BCUT2D eigenvalue weighted by molar-refractivity contribution is 0.487. The molecule has 0 unspecified atom stereocenters. The number of benzene rings is 1. The summed E-state index contributed by atoms with van der Waals surface area (Å²) in [6.45, 7) is 0. The van der Waals surface area contributed by atoms with Crippen molar-refractivity contribution in [1.82, 2.24) is 9.55 Å². The van der Waals surface area contributed by atoms with Gasteiger partial charge in [-0.1, -0.05) is 11.6 Å². The average molecular weight is 268 g/mol. The lowest BCUT2D eigenvalue weighted by atomic mass is 10.1. The summed E-state index contributed by atoms with van der Waals surface area (Å²) in [4.78, 5) is 4.40. The molecule has 1 aromatic carbocycles. The van der Waals surface area contributed by atoms with E-state index in [1.807, 2.05) is 30.0 Å². The van der Waals surface area contributed by atoms with E-state index in [4.69, 9.17) is 17.3 Å². The first-order chi connectivity index (χ1) is 8.25. The molecule has 3 rings (SSSR count). The van der Waals surface area contributed by atoms with E-state index in [0.717, 1.165) is 11.0 Å². The summed E-state index contributed by atoms with van der Waals surface area (Å²) < 4.78 is 2.17. The van der Waals surface area contributed by atoms with E-state index in [0.29, 0.717) is 17.0 Å². The maximum Gasteiger partial charge on any atom is 0.201 e. The van der Waals surface area contributed by atoms with Crippen LogP contribution in [0.3, 0.4) is 0 Å². The monoisotopic (exact) mass is 267 g/mol. The first-order valence-electron chi connectivity index (χ1n) is 5.76. The quantitative estimate of drug-likeness (QED) is 0.862. The Morgan fingerprint density at radius 2 is 2.12 bits per heavy atom. The topological polar surface area (TPSA) is 43.8 Å². The zero-order valence-corrected chi connectivity index (χ0v) is 11.0. The van der Waals surface area contributed by atoms with Crippen LogP contribution in [0.25, 0.3) is 11.0 Å². The second-order valence-electron chi connectivity index (χ2n) is 4.32. The van der Waals surface area contributed by atoms with Crippen LogP contribution >= 0.6 is 23.4 Å². The molecule has 2 aromatic rings. The lowest BCUT2D eigenvalue weighted by Crippen LogP contribution is -2.16. The fraction of sp³-hybridized carbons (Fsp3) is 0.417. The summed E-state index contributed by atoms with van der Waals surface area (Å²) in [5.41, 5.74) is 8.03. The Morgan fingerprint density at radius 1 is 1.35 bits per heavy atom. The number of rotatable bonds is 1. The highest BCUT2D eigenvalue weighted by atomic mass is 35.5. The molecule has 1 saturated heterocycles. The number of thioether (sulfide) groups is 1. The van der Waals surface area contributed by atoms with Crippen molar-refractivity contribution in [3.63, 3.8) is 0 Å². The third-order valence-electron chi connectivity index (χ3n) is 3.23. The van der Waals surface area contributed by atoms with Crippen molar-refractivity contribution in [2.45, 2.75) is 18.9 Å². The Morgan fingerprint density at radius 3 is 2.88 bits per heavy atom. The molecule has 5 heteroatoms. The SMILES string of the molecule is Nc1nc2cc(Cl)ccc2n1C1CCSCC1. The molecule has 0 radical (unpaired) electrons. The smallest absolute Gasteiger partial charge is 0.201 e. The standard InChI is InChI=1S/C12H14ClN3S/c13-8-1-2-11-10(7-8)15-12(14)16(11)9-3-5-17-6-4-9/h1-2,7,9H,3-6H2,(H2,14,15). The summed E-state index contributed by atoms with van der Waals surface area (Å²) in [7, 11) is 0. The molecule has 1 aliphatic heterocycles. The van der Waals surface area contributed by atoms with E-state index < -0.39 is 0 Å². The second-order valence-corrected chi connectivity index (χ2v) is 5.98. The minimum atomic E-state index is 0.488. The average Bonchev–Trinajstić information content (AvgIpc) is 2.65. The van der Waals surface area contributed by atoms with Crippen molar-refractivity contribution in [2.24, 2.45) is 0 Å². The van der Waals surface area contributed by atoms with Gasteiger partial charge in [0.25, 0.3) is 0 Å². The third kappa shape index (κ3) is 2.00. The highest BCUT2D eigenvalue weighted by molar-refractivity contribution is 7.99. The van der Waals surface area contributed by atoms with Gasteiger partial charge in [0.1, 0.15) is 0 Å². The maximum atomic E-state index is 6.04. The Balaban J connectivity index is 2.11. The number of nitrogens with two attached hydrogens (primary N) is 1. The molecule has 1 aromatic heterocycles. The Kier molecular flexibility index (Phi) is 2.92. The summed E-state index contributed by atoms with van der Waals surface area (Å²) in [6.07, 6.45) is 2.34. The molecule has 1 fully saturated rings. The van der Waals surface area contributed by atoms with Gasteiger partial charge in [0.2, 0.25) is 5.95 Å². The van der Waals surface area contributed by atoms with Gasteiger partial charge in [0.15, 0.2) is 0 Å². The van der Waals surface area contributed by atoms with E-state index in [1.54, 1.807) is 0 Å². The Labute approximate surface area is 109 Å². The molecule has 0 bridgehead atoms. The molecule has 17 heavy (non-hydrogen) atoms. The predicted molar refractivity (Wildman–Crippen MR) is 74.8 cm³/mol. The molecule has 0 aliphatic carbocycles. The number of imidazole rings is 1. The van der Waals surface area contributed by atoms with Crippen molar-refractivity contribution in [2.75, 3.05) is 17.2 Å². The van der Waals surface area contributed by atoms with Gasteiger partial charge in [-0.2, -0.15) is 11.8 Å². The minimum Gasteiger partial charge on any atom is -0.369 e. The van der Waals surface area contributed by atoms with E-state index >= 15 is 0 Å².